The van der Waals surface area contributed by atoms with Crippen molar-refractivity contribution < 1.29 is 4.74 Å². The lowest BCUT2D eigenvalue weighted by Crippen LogP contribution is -2.00. The summed E-state index contributed by atoms with van der Waals surface area (Å²) >= 11 is 3.75. The first-order chi connectivity index (χ1) is 15.7. The van der Waals surface area contributed by atoms with Crippen molar-refractivity contribution >= 4 is 26.7 Å². The maximum Gasteiger partial charge on any atom is 0.135 e. The van der Waals surface area contributed by atoms with Gasteiger partial charge in [-0.2, -0.15) is 0 Å². The molecule has 0 aliphatic rings. The van der Waals surface area contributed by atoms with E-state index in [2.05, 4.69) is 108 Å². The van der Waals surface area contributed by atoms with Crippen molar-refractivity contribution in [2.24, 2.45) is 0 Å². The minimum atomic E-state index is 0.513. The zero-order chi connectivity index (χ0) is 21.9. The maximum absolute atomic E-state index is 6.60. The molecular formula is C30H23BrO. The predicted octanol–water partition coefficient (Wildman–Crippen LogP) is 8.82. The molecule has 5 aromatic carbocycles. The molecule has 0 aliphatic heterocycles. The van der Waals surface area contributed by atoms with Gasteiger partial charge >= 0.3 is 0 Å². The number of benzene rings is 5. The normalized spacial score (nSPS) is 10.9. The third-order valence-corrected chi connectivity index (χ3v) is 6.39. The van der Waals surface area contributed by atoms with Crippen LogP contribution < -0.4 is 4.74 Å². The Kier molecular flexibility index (Phi) is 5.79. The minimum Gasteiger partial charge on any atom is -0.488 e. The first kappa shape index (κ1) is 20.5. The molecule has 5 aromatic rings. The molecule has 0 saturated heterocycles. The van der Waals surface area contributed by atoms with E-state index in [1.807, 2.05) is 24.3 Å². The first-order valence-electron chi connectivity index (χ1n) is 10.7. The van der Waals surface area contributed by atoms with Gasteiger partial charge in [0.25, 0.3) is 0 Å². The Labute approximate surface area is 197 Å². The van der Waals surface area contributed by atoms with Gasteiger partial charge in [0.2, 0.25) is 0 Å². The van der Waals surface area contributed by atoms with Crippen LogP contribution in [-0.2, 0) is 6.61 Å². The lowest BCUT2D eigenvalue weighted by Gasteiger charge is -2.20. The van der Waals surface area contributed by atoms with Crippen molar-refractivity contribution in [3.05, 3.63) is 125 Å². The molecule has 0 saturated carbocycles. The van der Waals surface area contributed by atoms with Crippen LogP contribution in [0, 0.1) is 6.92 Å². The third kappa shape index (κ3) is 4.06. The third-order valence-electron chi connectivity index (χ3n) is 5.70. The van der Waals surface area contributed by atoms with Crippen molar-refractivity contribution in [1.29, 1.82) is 0 Å². The lowest BCUT2D eigenvalue weighted by atomic mass is 9.92. The van der Waals surface area contributed by atoms with E-state index in [-0.39, 0.29) is 0 Å². The standard InChI is InChI=1S/C30H23BrO/c1-21-18-27(25-16-9-13-23-12-5-6-14-24(23)25)30(32-20-22-10-3-2-4-11-22)28(19-21)26-15-7-8-17-29(26)31/h2-19H,20H2,1H3. The number of aryl methyl sites for hydroxylation is 1. The molecule has 0 amide bonds. The molecule has 5 rings (SSSR count). The van der Waals surface area contributed by atoms with E-state index in [9.17, 15) is 0 Å². The Hall–Kier alpha value is -3.36. The van der Waals surface area contributed by atoms with Crippen LogP contribution in [0.15, 0.2) is 114 Å². The fourth-order valence-electron chi connectivity index (χ4n) is 4.20. The van der Waals surface area contributed by atoms with E-state index in [1.165, 1.54) is 21.9 Å². The Morgan fingerprint density at radius 1 is 0.625 bits per heavy atom. The second kappa shape index (κ2) is 9.02. The summed E-state index contributed by atoms with van der Waals surface area (Å²) in [4.78, 5) is 0. The highest BCUT2D eigenvalue weighted by atomic mass is 79.9. The monoisotopic (exact) mass is 478 g/mol. The Balaban J connectivity index is 1.74. The van der Waals surface area contributed by atoms with Crippen molar-refractivity contribution in [2.45, 2.75) is 13.5 Å². The van der Waals surface area contributed by atoms with Crippen molar-refractivity contribution in [3.8, 4) is 28.0 Å². The molecule has 0 radical (unpaired) electrons. The highest BCUT2D eigenvalue weighted by Crippen LogP contribution is 2.44. The summed E-state index contributed by atoms with van der Waals surface area (Å²) in [5, 5.41) is 2.45. The van der Waals surface area contributed by atoms with Crippen LogP contribution in [0.3, 0.4) is 0 Å². The Bertz CT molecular complexity index is 1380. The van der Waals surface area contributed by atoms with Gasteiger partial charge in [-0.1, -0.05) is 107 Å². The van der Waals surface area contributed by atoms with Gasteiger partial charge < -0.3 is 4.74 Å². The van der Waals surface area contributed by atoms with Gasteiger partial charge in [-0.25, -0.2) is 0 Å². The van der Waals surface area contributed by atoms with E-state index in [4.69, 9.17) is 4.74 Å². The largest absolute Gasteiger partial charge is 0.488 e. The molecule has 0 unspecified atom stereocenters. The molecule has 0 aliphatic carbocycles. The molecule has 0 heterocycles. The summed E-state index contributed by atoms with van der Waals surface area (Å²) < 4.78 is 7.66. The van der Waals surface area contributed by atoms with E-state index in [0.717, 1.165) is 32.5 Å². The van der Waals surface area contributed by atoms with Crippen LogP contribution >= 0.6 is 15.9 Å². The zero-order valence-corrected chi connectivity index (χ0v) is 19.5. The van der Waals surface area contributed by atoms with Crippen LogP contribution in [-0.4, -0.2) is 0 Å². The fourth-order valence-corrected chi connectivity index (χ4v) is 4.70. The summed E-state index contributed by atoms with van der Waals surface area (Å²) in [6.07, 6.45) is 0. The molecule has 2 heteroatoms. The summed E-state index contributed by atoms with van der Waals surface area (Å²) in [5.41, 5.74) is 6.87. The lowest BCUT2D eigenvalue weighted by molar-refractivity contribution is 0.309. The number of rotatable bonds is 5. The zero-order valence-electron chi connectivity index (χ0n) is 17.9. The van der Waals surface area contributed by atoms with Crippen LogP contribution in [0.25, 0.3) is 33.0 Å². The van der Waals surface area contributed by atoms with Gasteiger partial charge in [0.05, 0.1) is 0 Å². The van der Waals surface area contributed by atoms with Crippen LogP contribution in [0.5, 0.6) is 5.75 Å². The predicted molar refractivity (Wildman–Crippen MR) is 138 cm³/mol. The average molecular weight is 479 g/mol. The maximum atomic E-state index is 6.60. The average Bonchev–Trinajstić information content (AvgIpc) is 2.83. The summed E-state index contributed by atoms with van der Waals surface area (Å²) in [7, 11) is 0. The smallest absolute Gasteiger partial charge is 0.135 e. The van der Waals surface area contributed by atoms with Crippen molar-refractivity contribution in [3.63, 3.8) is 0 Å². The topological polar surface area (TPSA) is 9.23 Å². The van der Waals surface area contributed by atoms with E-state index >= 15 is 0 Å². The summed E-state index contributed by atoms with van der Waals surface area (Å²) in [5.74, 6) is 0.905. The molecule has 0 N–H and O–H groups in total. The molecule has 156 valence electrons. The Morgan fingerprint density at radius 2 is 1.25 bits per heavy atom. The van der Waals surface area contributed by atoms with Gasteiger partial charge in [-0.3, -0.25) is 0 Å². The van der Waals surface area contributed by atoms with Gasteiger partial charge in [0, 0.05) is 15.6 Å². The molecule has 0 bridgehead atoms. The summed E-state index contributed by atoms with van der Waals surface area (Å²) in [6.45, 7) is 2.66. The number of hydrogen-bond acceptors (Lipinski definition) is 1. The second-order valence-electron chi connectivity index (χ2n) is 7.97. The van der Waals surface area contributed by atoms with Gasteiger partial charge in [0.1, 0.15) is 12.4 Å². The van der Waals surface area contributed by atoms with Crippen LogP contribution in [0.2, 0.25) is 0 Å². The fraction of sp³-hybridized carbons (Fsp3) is 0.0667. The molecule has 0 fully saturated rings. The molecule has 0 atom stereocenters. The quantitative estimate of drug-likeness (QED) is 0.245. The van der Waals surface area contributed by atoms with E-state index in [0.29, 0.717) is 6.61 Å². The number of hydrogen-bond donors (Lipinski definition) is 0. The van der Waals surface area contributed by atoms with Crippen LogP contribution in [0.1, 0.15) is 11.1 Å². The first-order valence-corrected chi connectivity index (χ1v) is 11.5. The molecule has 0 spiro atoms. The number of fused-ring (bicyclic) bond motifs is 1. The van der Waals surface area contributed by atoms with Crippen LogP contribution in [0.4, 0.5) is 0 Å². The van der Waals surface area contributed by atoms with Crippen molar-refractivity contribution in [2.75, 3.05) is 0 Å². The molecule has 1 nitrogen and oxygen atoms in total. The summed E-state index contributed by atoms with van der Waals surface area (Å²) in [6, 6.07) is 38.1. The number of ether oxygens (including phenoxy) is 1. The minimum absolute atomic E-state index is 0.513. The Morgan fingerprint density at radius 3 is 2.06 bits per heavy atom. The molecular weight excluding hydrogens is 456 g/mol. The van der Waals surface area contributed by atoms with E-state index < -0.39 is 0 Å². The van der Waals surface area contributed by atoms with Gasteiger partial charge in [-0.05, 0) is 58.1 Å². The highest BCUT2D eigenvalue weighted by molar-refractivity contribution is 9.10. The van der Waals surface area contributed by atoms with Gasteiger partial charge in [0.15, 0.2) is 0 Å². The SMILES string of the molecule is Cc1cc(-c2ccccc2Br)c(OCc2ccccc2)c(-c2cccc3ccccc23)c1. The second-order valence-corrected chi connectivity index (χ2v) is 8.82. The van der Waals surface area contributed by atoms with Crippen molar-refractivity contribution in [1.82, 2.24) is 0 Å². The highest BCUT2D eigenvalue weighted by Gasteiger charge is 2.18. The molecule has 0 aromatic heterocycles. The number of halogens is 1. The molecule has 32 heavy (non-hydrogen) atoms. The van der Waals surface area contributed by atoms with E-state index in [1.54, 1.807) is 0 Å². The van der Waals surface area contributed by atoms with Gasteiger partial charge in [-0.15, -0.1) is 0 Å².